The Bertz CT molecular complexity index is 542. The van der Waals surface area contributed by atoms with Crippen LogP contribution < -0.4 is 5.32 Å². The molecule has 20 heavy (non-hydrogen) atoms. The summed E-state index contributed by atoms with van der Waals surface area (Å²) in [6, 6.07) is 5.70. The molecule has 2 rings (SSSR count). The van der Waals surface area contributed by atoms with Crippen molar-refractivity contribution >= 4 is 10.0 Å². The molecule has 1 unspecified atom stereocenters. The summed E-state index contributed by atoms with van der Waals surface area (Å²) < 4.78 is 40.1. The van der Waals surface area contributed by atoms with Crippen LogP contribution in [0.4, 0.5) is 4.39 Å². The van der Waals surface area contributed by atoms with Crippen LogP contribution in [0.2, 0.25) is 0 Å². The van der Waals surface area contributed by atoms with E-state index in [1.807, 2.05) is 0 Å². The van der Waals surface area contributed by atoms with Gasteiger partial charge in [-0.15, -0.1) is 0 Å². The largest absolute Gasteiger partial charge is 0.313 e. The van der Waals surface area contributed by atoms with E-state index in [0.29, 0.717) is 13.1 Å². The molecule has 1 aliphatic rings. The van der Waals surface area contributed by atoms with E-state index in [0.717, 1.165) is 25.8 Å². The van der Waals surface area contributed by atoms with Crippen LogP contribution in [0.1, 0.15) is 26.2 Å². The van der Waals surface area contributed by atoms with Gasteiger partial charge in [0, 0.05) is 19.1 Å². The van der Waals surface area contributed by atoms with Gasteiger partial charge in [0.25, 0.3) is 0 Å². The lowest BCUT2D eigenvalue weighted by atomic mass is 10.1. The average Bonchev–Trinajstić information content (AvgIpc) is 2.46. The summed E-state index contributed by atoms with van der Waals surface area (Å²) in [6.07, 6.45) is 3.20. The third kappa shape index (κ3) is 3.37. The zero-order valence-electron chi connectivity index (χ0n) is 11.7. The highest BCUT2D eigenvalue weighted by atomic mass is 32.2. The van der Waals surface area contributed by atoms with Crippen molar-refractivity contribution in [3.8, 4) is 0 Å². The smallest absolute Gasteiger partial charge is 0.246 e. The van der Waals surface area contributed by atoms with Crippen molar-refractivity contribution in [2.24, 2.45) is 0 Å². The van der Waals surface area contributed by atoms with Crippen LogP contribution in [0.3, 0.4) is 0 Å². The van der Waals surface area contributed by atoms with E-state index in [4.69, 9.17) is 0 Å². The van der Waals surface area contributed by atoms with Crippen LogP contribution >= 0.6 is 0 Å². The summed E-state index contributed by atoms with van der Waals surface area (Å²) in [4.78, 5) is -0.238. The van der Waals surface area contributed by atoms with Crippen LogP contribution in [-0.4, -0.2) is 38.4 Å². The molecule has 4 nitrogen and oxygen atoms in total. The third-order valence-corrected chi connectivity index (χ3v) is 5.62. The fourth-order valence-corrected chi connectivity index (χ4v) is 4.08. The maximum atomic E-state index is 13.7. The first kappa shape index (κ1) is 15.4. The first-order chi connectivity index (χ1) is 9.55. The molecule has 0 aromatic heterocycles. The van der Waals surface area contributed by atoms with Gasteiger partial charge in [-0.2, -0.15) is 4.31 Å². The Hall–Kier alpha value is -0.980. The number of rotatable bonds is 5. The van der Waals surface area contributed by atoms with E-state index >= 15 is 0 Å². The van der Waals surface area contributed by atoms with Gasteiger partial charge in [0.1, 0.15) is 10.7 Å². The van der Waals surface area contributed by atoms with Crippen molar-refractivity contribution in [3.05, 3.63) is 30.1 Å². The van der Waals surface area contributed by atoms with Gasteiger partial charge in [-0.3, -0.25) is 0 Å². The fourth-order valence-electron chi connectivity index (χ4n) is 2.52. The molecule has 1 saturated heterocycles. The zero-order valence-corrected chi connectivity index (χ0v) is 12.5. The number of hydrogen-bond donors (Lipinski definition) is 1. The van der Waals surface area contributed by atoms with E-state index in [-0.39, 0.29) is 10.9 Å². The molecule has 112 valence electrons. The number of hydrogen-bond acceptors (Lipinski definition) is 3. The Balaban J connectivity index is 2.19. The predicted molar refractivity (Wildman–Crippen MR) is 76.5 cm³/mol. The van der Waals surface area contributed by atoms with E-state index in [2.05, 4.69) is 5.32 Å². The van der Waals surface area contributed by atoms with Crippen molar-refractivity contribution < 1.29 is 12.8 Å². The molecule has 1 aromatic rings. The molecule has 0 aliphatic carbocycles. The molecule has 1 fully saturated rings. The predicted octanol–water partition coefficient (Wildman–Crippen LogP) is 1.98. The molecule has 0 saturated carbocycles. The van der Waals surface area contributed by atoms with E-state index in [9.17, 15) is 12.8 Å². The van der Waals surface area contributed by atoms with Crippen molar-refractivity contribution in [2.45, 2.75) is 37.1 Å². The Morgan fingerprint density at radius 3 is 2.70 bits per heavy atom. The minimum atomic E-state index is -3.76. The van der Waals surface area contributed by atoms with Crippen LogP contribution in [0, 0.1) is 5.82 Å². The highest BCUT2D eigenvalue weighted by Gasteiger charge is 2.28. The quantitative estimate of drug-likeness (QED) is 0.904. The molecular weight excluding hydrogens is 279 g/mol. The molecular formula is C14H21FN2O2S. The second kappa shape index (κ2) is 6.65. The highest BCUT2D eigenvalue weighted by molar-refractivity contribution is 7.89. The number of halogens is 1. The molecule has 1 N–H and O–H groups in total. The molecule has 0 amide bonds. The highest BCUT2D eigenvalue weighted by Crippen LogP contribution is 2.20. The number of sulfonamides is 1. The Morgan fingerprint density at radius 2 is 2.10 bits per heavy atom. The van der Waals surface area contributed by atoms with Gasteiger partial charge in [-0.25, -0.2) is 12.8 Å². The second-order valence-electron chi connectivity index (χ2n) is 5.03. The lowest BCUT2D eigenvalue weighted by molar-refractivity contribution is 0.318. The van der Waals surface area contributed by atoms with Crippen LogP contribution in [0.15, 0.2) is 29.2 Å². The molecule has 1 heterocycles. The molecule has 0 radical (unpaired) electrons. The summed E-state index contributed by atoms with van der Waals surface area (Å²) in [7, 11) is -3.76. The lowest BCUT2D eigenvalue weighted by Gasteiger charge is -2.29. The molecule has 0 spiro atoms. The summed E-state index contributed by atoms with van der Waals surface area (Å²) >= 11 is 0. The Kier molecular flexibility index (Phi) is 5.12. The van der Waals surface area contributed by atoms with Gasteiger partial charge in [0.05, 0.1) is 0 Å². The van der Waals surface area contributed by atoms with Gasteiger partial charge in [-0.1, -0.05) is 25.5 Å². The number of benzene rings is 1. The third-order valence-electron chi connectivity index (χ3n) is 3.64. The van der Waals surface area contributed by atoms with E-state index in [1.165, 1.54) is 22.5 Å². The Morgan fingerprint density at radius 1 is 1.35 bits per heavy atom. The van der Waals surface area contributed by atoms with Crippen molar-refractivity contribution in [3.63, 3.8) is 0 Å². The molecule has 0 bridgehead atoms. The van der Waals surface area contributed by atoms with E-state index < -0.39 is 15.8 Å². The minimum absolute atomic E-state index is 0.158. The summed E-state index contributed by atoms with van der Waals surface area (Å²) in [5, 5.41) is 3.32. The number of piperidine rings is 1. The topological polar surface area (TPSA) is 49.4 Å². The van der Waals surface area contributed by atoms with Crippen molar-refractivity contribution in [2.75, 3.05) is 19.6 Å². The first-order valence-electron chi connectivity index (χ1n) is 7.03. The summed E-state index contributed by atoms with van der Waals surface area (Å²) in [5.74, 6) is -0.692. The number of likely N-dealkylation sites (N-methyl/N-ethyl adjacent to an activating group) is 1. The molecule has 1 atom stereocenters. The lowest BCUT2D eigenvalue weighted by Crippen LogP contribution is -2.45. The SMILES string of the molecule is CCN(CC1CCCCN1)S(=O)(=O)c1ccccc1F. The van der Waals surface area contributed by atoms with Crippen LogP contribution in [0.25, 0.3) is 0 Å². The van der Waals surface area contributed by atoms with Gasteiger partial charge in [0.2, 0.25) is 10.0 Å². The minimum Gasteiger partial charge on any atom is -0.313 e. The maximum Gasteiger partial charge on any atom is 0.246 e. The van der Waals surface area contributed by atoms with Crippen LogP contribution in [-0.2, 0) is 10.0 Å². The number of nitrogens with one attached hydrogen (secondary N) is 1. The molecule has 1 aromatic carbocycles. The standard InChI is InChI=1S/C14H21FN2O2S/c1-2-17(11-12-7-5-6-10-16-12)20(18,19)14-9-4-3-8-13(14)15/h3-4,8-9,12,16H,2,5-7,10-11H2,1H3. The number of nitrogens with zero attached hydrogens (tertiary/aromatic N) is 1. The maximum absolute atomic E-state index is 13.7. The Labute approximate surface area is 120 Å². The molecule has 1 aliphatic heterocycles. The van der Waals surface area contributed by atoms with Gasteiger partial charge in [-0.05, 0) is 31.5 Å². The van der Waals surface area contributed by atoms with Crippen molar-refractivity contribution in [1.29, 1.82) is 0 Å². The summed E-state index contributed by atoms with van der Waals surface area (Å²) in [6.45, 7) is 3.44. The van der Waals surface area contributed by atoms with E-state index in [1.54, 1.807) is 13.0 Å². The normalized spacial score (nSPS) is 20.2. The van der Waals surface area contributed by atoms with Gasteiger partial charge in [0.15, 0.2) is 0 Å². The zero-order chi connectivity index (χ0) is 14.6. The second-order valence-corrected chi connectivity index (χ2v) is 6.94. The van der Waals surface area contributed by atoms with Crippen LogP contribution in [0.5, 0.6) is 0 Å². The average molecular weight is 300 g/mol. The monoisotopic (exact) mass is 300 g/mol. The van der Waals surface area contributed by atoms with Crippen molar-refractivity contribution in [1.82, 2.24) is 9.62 Å². The first-order valence-corrected chi connectivity index (χ1v) is 8.47. The summed E-state index contributed by atoms with van der Waals surface area (Å²) in [5.41, 5.74) is 0. The van der Waals surface area contributed by atoms with Gasteiger partial charge >= 0.3 is 0 Å². The molecule has 6 heteroatoms. The fraction of sp³-hybridized carbons (Fsp3) is 0.571. The van der Waals surface area contributed by atoms with Gasteiger partial charge < -0.3 is 5.32 Å².